The van der Waals surface area contributed by atoms with Crippen LogP contribution in [0.1, 0.15) is 99.3 Å². The van der Waals surface area contributed by atoms with Gasteiger partial charge in [-0.15, -0.1) is 0 Å². The maximum Gasteiger partial charge on any atom is 0.309 e. The van der Waals surface area contributed by atoms with Crippen LogP contribution in [0.2, 0.25) is 0 Å². The molecule has 5 fully saturated rings. The number of aliphatic carboxylic acids is 1. The highest BCUT2D eigenvalue weighted by Gasteiger charge is 2.73. The molecule has 0 aromatic heterocycles. The molecule has 0 aliphatic heterocycles. The van der Waals surface area contributed by atoms with E-state index in [9.17, 15) is 24.6 Å². The Hall–Kier alpha value is -1.23. The lowest BCUT2D eigenvalue weighted by Crippen LogP contribution is -2.69. The lowest BCUT2D eigenvalue weighted by Gasteiger charge is -2.72. The molecule has 34 heavy (non-hydrogen) atoms. The maximum absolute atomic E-state index is 12.9. The van der Waals surface area contributed by atoms with Gasteiger partial charge in [0.05, 0.1) is 11.5 Å². The first-order valence-electron chi connectivity index (χ1n) is 13.6. The molecule has 0 spiro atoms. The molecular formula is C29H44O5. The van der Waals surface area contributed by atoms with Gasteiger partial charge in [-0.25, -0.2) is 0 Å². The van der Waals surface area contributed by atoms with Gasteiger partial charge in [-0.05, 0) is 92.3 Å². The molecule has 0 unspecified atom stereocenters. The number of carboxylic acids is 1. The van der Waals surface area contributed by atoms with Gasteiger partial charge in [0.2, 0.25) is 0 Å². The van der Waals surface area contributed by atoms with Crippen molar-refractivity contribution in [2.75, 3.05) is 0 Å². The third kappa shape index (κ3) is 2.69. The lowest BCUT2D eigenvalue weighted by atomic mass is 9.32. The summed E-state index contributed by atoms with van der Waals surface area (Å²) in [6.45, 7) is 12.8. The number of Topliss-reactive ketones (excluding diaryl/α,β-unsaturated/α-hetero) is 2. The van der Waals surface area contributed by atoms with E-state index >= 15 is 0 Å². The Morgan fingerprint density at radius 2 is 1.59 bits per heavy atom. The second kappa shape index (κ2) is 7.17. The summed E-state index contributed by atoms with van der Waals surface area (Å²) in [5, 5.41) is 22.1. The van der Waals surface area contributed by atoms with Crippen molar-refractivity contribution < 1.29 is 24.6 Å². The number of aliphatic hydroxyl groups excluding tert-OH is 1. The van der Waals surface area contributed by atoms with Crippen molar-refractivity contribution in [2.24, 2.45) is 56.7 Å². The highest BCUT2D eigenvalue weighted by atomic mass is 16.4. The molecule has 5 saturated carbocycles. The SMILES string of the molecule is CC(=O)[C@@H]1CC[C@]2(C(=O)O)CC[C@]3(C)[C@H](CC[C@@H]4[C@@]5(C)CCC(=O)C(C)(C)[C@@H]5[C@H](O)C[C@]43C)[C@@H]12. The molecule has 0 aromatic carbocycles. The molecule has 10 atom stereocenters. The number of ketones is 2. The Kier molecular flexibility index (Phi) is 5.16. The highest BCUT2D eigenvalue weighted by Crippen LogP contribution is 2.77. The predicted molar refractivity (Wildman–Crippen MR) is 129 cm³/mol. The normalized spacial score (nSPS) is 53.8. The van der Waals surface area contributed by atoms with Crippen molar-refractivity contribution in [3.8, 4) is 0 Å². The van der Waals surface area contributed by atoms with Crippen LogP contribution in [0.3, 0.4) is 0 Å². The smallest absolute Gasteiger partial charge is 0.309 e. The summed E-state index contributed by atoms with van der Waals surface area (Å²) in [6, 6.07) is 0. The Balaban J connectivity index is 1.60. The first kappa shape index (κ1) is 24.5. The van der Waals surface area contributed by atoms with Crippen molar-refractivity contribution in [1.29, 1.82) is 0 Å². The van der Waals surface area contributed by atoms with Crippen LogP contribution in [0.5, 0.6) is 0 Å². The van der Waals surface area contributed by atoms with E-state index in [1.54, 1.807) is 6.92 Å². The molecule has 5 nitrogen and oxygen atoms in total. The van der Waals surface area contributed by atoms with E-state index in [0.717, 1.165) is 25.7 Å². The average molecular weight is 473 g/mol. The second-order valence-electron chi connectivity index (χ2n) is 14.2. The summed E-state index contributed by atoms with van der Waals surface area (Å²) in [5.74, 6) is -0.0341. The quantitative estimate of drug-likeness (QED) is 0.570. The molecule has 0 amide bonds. The number of fused-ring (bicyclic) bond motifs is 7. The maximum atomic E-state index is 12.9. The first-order chi connectivity index (χ1) is 15.7. The zero-order chi connectivity index (χ0) is 25.1. The Bertz CT molecular complexity index is 939. The van der Waals surface area contributed by atoms with Gasteiger partial charge in [0.15, 0.2) is 0 Å². The highest BCUT2D eigenvalue weighted by molar-refractivity contribution is 5.86. The number of hydrogen-bond acceptors (Lipinski definition) is 4. The van der Waals surface area contributed by atoms with Gasteiger partial charge in [-0.1, -0.05) is 34.6 Å². The van der Waals surface area contributed by atoms with E-state index in [1.807, 2.05) is 13.8 Å². The summed E-state index contributed by atoms with van der Waals surface area (Å²) in [5.41, 5.74) is -1.69. The zero-order valence-corrected chi connectivity index (χ0v) is 21.9. The molecule has 5 rings (SSSR count). The van der Waals surface area contributed by atoms with Crippen LogP contribution >= 0.6 is 0 Å². The van der Waals surface area contributed by atoms with E-state index in [2.05, 4.69) is 20.8 Å². The van der Waals surface area contributed by atoms with Gasteiger partial charge in [-0.3, -0.25) is 14.4 Å². The monoisotopic (exact) mass is 472 g/mol. The average Bonchev–Trinajstić information content (AvgIpc) is 3.13. The summed E-state index contributed by atoms with van der Waals surface area (Å²) in [4.78, 5) is 38.3. The van der Waals surface area contributed by atoms with Crippen molar-refractivity contribution in [3.63, 3.8) is 0 Å². The minimum atomic E-state index is -0.775. The van der Waals surface area contributed by atoms with Gasteiger partial charge >= 0.3 is 5.97 Å². The van der Waals surface area contributed by atoms with Crippen molar-refractivity contribution in [3.05, 3.63) is 0 Å². The topological polar surface area (TPSA) is 91.7 Å². The molecule has 0 heterocycles. The van der Waals surface area contributed by atoms with Crippen molar-refractivity contribution in [1.82, 2.24) is 0 Å². The van der Waals surface area contributed by atoms with Gasteiger partial charge in [0.1, 0.15) is 11.6 Å². The number of hydrogen-bond donors (Lipinski definition) is 2. The van der Waals surface area contributed by atoms with Crippen LogP contribution in [0.25, 0.3) is 0 Å². The summed E-state index contributed by atoms with van der Waals surface area (Å²) in [7, 11) is 0. The van der Waals surface area contributed by atoms with Crippen LogP contribution in [-0.2, 0) is 14.4 Å². The van der Waals surface area contributed by atoms with Crippen LogP contribution in [-0.4, -0.2) is 33.9 Å². The molecule has 0 saturated heterocycles. The van der Waals surface area contributed by atoms with Crippen molar-refractivity contribution in [2.45, 2.75) is 105 Å². The number of carbonyl (C=O) groups is 3. The minimum absolute atomic E-state index is 0.0439. The molecule has 2 N–H and O–H groups in total. The molecule has 0 bridgehead atoms. The molecule has 5 aliphatic carbocycles. The predicted octanol–water partition coefficient (Wildman–Crippen LogP) is 5.28. The Labute approximate surface area is 204 Å². The van der Waals surface area contributed by atoms with Crippen LogP contribution in [0.4, 0.5) is 0 Å². The third-order valence-corrected chi connectivity index (χ3v) is 13.0. The van der Waals surface area contributed by atoms with E-state index < -0.39 is 22.9 Å². The van der Waals surface area contributed by atoms with Crippen LogP contribution in [0.15, 0.2) is 0 Å². The fourth-order valence-corrected chi connectivity index (χ4v) is 11.4. The van der Waals surface area contributed by atoms with Crippen molar-refractivity contribution >= 4 is 17.5 Å². The van der Waals surface area contributed by atoms with Gasteiger partial charge in [0, 0.05) is 23.7 Å². The molecule has 5 heteroatoms. The van der Waals surface area contributed by atoms with Gasteiger partial charge in [-0.2, -0.15) is 0 Å². The fourth-order valence-electron chi connectivity index (χ4n) is 11.4. The molecule has 0 aromatic rings. The number of carbonyl (C=O) groups excluding carboxylic acids is 2. The van der Waals surface area contributed by atoms with E-state index in [4.69, 9.17) is 0 Å². The van der Waals surface area contributed by atoms with E-state index in [0.29, 0.717) is 38.0 Å². The third-order valence-electron chi connectivity index (χ3n) is 13.0. The summed E-state index contributed by atoms with van der Waals surface area (Å²) >= 11 is 0. The van der Waals surface area contributed by atoms with Crippen LogP contribution in [0, 0.1) is 56.7 Å². The minimum Gasteiger partial charge on any atom is -0.481 e. The Morgan fingerprint density at radius 3 is 2.21 bits per heavy atom. The second-order valence-corrected chi connectivity index (χ2v) is 14.2. The summed E-state index contributed by atoms with van der Waals surface area (Å²) in [6.07, 6.45) is 6.26. The molecule has 0 radical (unpaired) electrons. The van der Waals surface area contributed by atoms with Crippen LogP contribution < -0.4 is 0 Å². The largest absolute Gasteiger partial charge is 0.481 e. The Morgan fingerprint density at radius 1 is 0.912 bits per heavy atom. The van der Waals surface area contributed by atoms with Gasteiger partial charge < -0.3 is 10.2 Å². The first-order valence-corrected chi connectivity index (χ1v) is 13.6. The number of rotatable bonds is 2. The van der Waals surface area contributed by atoms with E-state index in [1.165, 1.54) is 0 Å². The summed E-state index contributed by atoms with van der Waals surface area (Å²) < 4.78 is 0. The number of aliphatic hydroxyl groups is 1. The molecule has 190 valence electrons. The molecular weight excluding hydrogens is 428 g/mol. The standard InChI is InChI=1S/C29H44O5/c1-16(30)17-9-12-29(24(33)34)14-13-27(5)18(22(17)29)7-8-20-26(4)11-10-21(32)25(2,3)23(26)19(31)15-28(20,27)6/h17-20,22-23,31H,7-15H2,1-6H3,(H,33,34)/t17-,18+,19+,20+,22+,23-,26+,27+,28+,29-/m0/s1. The zero-order valence-electron chi connectivity index (χ0n) is 21.9. The van der Waals surface area contributed by atoms with E-state index in [-0.39, 0.29) is 51.5 Å². The number of carboxylic acid groups (broad SMARTS) is 1. The van der Waals surface area contributed by atoms with Gasteiger partial charge in [0.25, 0.3) is 0 Å². The fraction of sp³-hybridized carbons (Fsp3) is 0.897. The molecule has 5 aliphatic rings. The lowest BCUT2D eigenvalue weighted by molar-refractivity contribution is -0.259.